The second-order valence-electron chi connectivity index (χ2n) is 6.60. The Morgan fingerprint density at radius 3 is 2.92 bits per heavy atom. The van der Waals surface area contributed by atoms with Crippen molar-refractivity contribution in [3.05, 3.63) is 27.5 Å². The molecule has 1 saturated heterocycles. The molecular weight excluding hydrogens is 324 g/mol. The molecule has 24 heavy (non-hydrogen) atoms. The molecule has 0 spiro atoms. The highest BCUT2D eigenvalue weighted by Gasteiger charge is 2.28. The predicted octanol–water partition coefficient (Wildman–Crippen LogP) is 1.98. The van der Waals surface area contributed by atoms with E-state index < -0.39 is 0 Å². The lowest BCUT2D eigenvalue weighted by molar-refractivity contribution is 0.464. The van der Waals surface area contributed by atoms with Crippen molar-refractivity contribution in [2.75, 3.05) is 23.3 Å². The van der Waals surface area contributed by atoms with Crippen LogP contribution in [0.3, 0.4) is 0 Å². The predicted molar refractivity (Wildman–Crippen MR) is 94.8 cm³/mol. The van der Waals surface area contributed by atoms with Gasteiger partial charge in [-0.2, -0.15) is 5.10 Å². The minimum absolute atomic E-state index is 0.0769. The van der Waals surface area contributed by atoms with Crippen LogP contribution in [0.4, 0.5) is 10.9 Å². The number of hydrogen-bond donors (Lipinski definition) is 1. The maximum Gasteiger partial charge on any atom is 0.266 e. The van der Waals surface area contributed by atoms with Crippen molar-refractivity contribution in [3.8, 4) is 0 Å². The fourth-order valence-corrected chi connectivity index (χ4v) is 4.08. The summed E-state index contributed by atoms with van der Waals surface area (Å²) in [7, 11) is 1.70. The van der Waals surface area contributed by atoms with Crippen LogP contribution in [0.5, 0.6) is 0 Å². The first-order chi connectivity index (χ1) is 11.7. The molecule has 2 aliphatic rings. The molecule has 128 valence electrons. The van der Waals surface area contributed by atoms with Gasteiger partial charge >= 0.3 is 0 Å². The summed E-state index contributed by atoms with van der Waals surface area (Å²) >= 11 is 1.68. The van der Waals surface area contributed by atoms with Crippen molar-refractivity contribution < 1.29 is 0 Å². The lowest BCUT2D eigenvalue weighted by Crippen LogP contribution is -2.44. The van der Waals surface area contributed by atoms with Gasteiger partial charge in [0.05, 0.1) is 0 Å². The van der Waals surface area contributed by atoms with Gasteiger partial charge in [-0.25, -0.2) is 4.68 Å². The quantitative estimate of drug-likeness (QED) is 0.892. The third-order valence-electron chi connectivity index (χ3n) is 4.72. The van der Waals surface area contributed by atoms with Crippen molar-refractivity contribution in [1.29, 1.82) is 0 Å². The Balaban J connectivity index is 1.44. The average molecular weight is 346 g/mol. The molecular formula is C16H22N6OS. The maximum absolute atomic E-state index is 11.6. The SMILES string of the molecule is Cn1nc(N2CCCCC2CNc2nnc(C3CC3)s2)ccc1=O. The highest BCUT2D eigenvalue weighted by Crippen LogP contribution is 2.42. The normalized spacial score (nSPS) is 21.0. The molecule has 0 bridgehead atoms. The molecule has 7 nitrogen and oxygen atoms in total. The van der Waals surface area contributed by atoms with Crippen molar-refractivity contribution in [2.24, 2.45) is 7.05 Å². The van der Waals surface area contributed by atoms with E-state index in [0.29, 0.717) is 12.0 Å². The Labute approximate surface area is 144 Å². The second-order valence-corrected chi connectivity index (χ2v) is 7.61. The molecule has 0 amide bonds. The van der Waals surface area contributed by atoms with E-state index in [0.717, 1.165) is 41.9 Å². The van der Waals surface area contributed by atoms with Crippen LogP contribution in [0.1, 0.15) is 43.0 Å². The van der Waals surface area contributed by atoms with E-state index in [-0.39, 0.29) is 5.56 Å². The zero-order valence-electron chi connectivity index (χ0n) is 13.8. The summed E-state index contributed by atoms with van der Waals surface area (Å²) in [6.45, 7) is 1.80. The number of nitrogens with one attached hydrogen (secondary N) is 1. The van der Waals surface area contributed by atoms with Crippen LogP contribution in [-0.4, -0.2) is 39.1 Å². The number of aromatic nitrogens is 4. The van der Waals surface area contributed by atoms with Crippen molar-refractivity contribution >= 4 is 22.3 Å². The lowest BCUT2D eigenvalue weighted by Gasteiger charge is -2.36. The summed E-state index contributed by atoms with van der Waals surface area (Å²) in [5.41, 5.74) is -0.0769. The fourth-order valence-electron chi connectivity index (χ4n) is 3.16. The van der Waals surface area contributed by atoms with E-state index in [9.17, 15) is 4.79 Å². The zero-order valence-corrected chi connectivity index (χ0v) is 14.6. The molecule has 0 aromatic carbocycles. The van der Waals surface area contributed by atoms with Crippen LogP contribution in [-0.2, 0) is 7.05 Å². The van der Waals surface area contributed by atoms with Gasteiger partial charge in [-0.3, -0.25) is 4.79 Å². The number of anilines is 2. The molecule has 2 aromatic heterocycles. The number of nitrogens with zero attached hydrogens (tertiary/aromatic N) is 5. The topological polar surface area (TPSA) is 75.9 Å². The average Bonchev–Trinajstić information content (AvgIpc) is 3.34. The minimum Gasteiger partial charge on any atom is -0.358 e. The minimum atomic E-state index is -0.0769. The third-order valence-corrected chi connectivity index (χ3v) is 5.77. The highest BCUT2D eigenvalue weighted by molar-refractivity contribution is 7.15. The van der Waals surface area contributed by atoms with Crippen LogP contribution in [0.2, 0.25) is 0 Å². The molecule has 1 aliphatic heterocycles. The van der Waals surface area contributed by atoms with Gasteiger partial charge < -0.3 is 10.2 Å². The molecule has 3 heterocycles. The van der Waals surface area contributed by atoms with Gasteiger partial charge in [0.2, 0.25) is 5.13 Å². The Kier molecular flexibility index (Phi) is 4.22. The third kappa shape index (κ3) is 3.28. The van der Waals surface area contributed by atoms with E-state index in [1.54, 1.807) is 24.5 Å². The Morgan fingerprint density at radius 2 is 2.12 bits per heavy atom. The van der Waals surface area contributed by atoms with Gasteiger partial charge in [-0.05, 0) is 38.2 Å². The van der Waals surface area contributed by atoms with Gasteiger partial charge in [0.1, 0.15) is 10.8 Å². The number of hydrogen-bond acceptors (Lipinski definition) is 7. The molecule has 1 aliphatic carbocycles. The van der Waals surface area contributed by atoms with E-state index in [4.69, 9.17) is 0 Å². The van der Waals surface area contributed by atoms with Gasteiger partial charge in [-0.1, -0.05) is 11.3 Å². The second kappa shape index (κ2) is 6.51. The van der Waals surface area contributed by atoms with E-state index >= 15 is 0 Å². The maximum atomic E-state index is 11.6. The van der Waals surface area contributed by atoms with Crippen LogP contribution in [0.15, 0.2) is 16.9 Å². The summed E-state index contributed by atoms with van der Waals surface area (Å²) in [5, 5.41) is 18.5. The summed E-state index contributed by atoms with van der Waals surface area (Å²) in [6, 6.07) is 3.78. The van der Waals surface area contributed by atoms with Gasteiger partial charge in [0.25, 0.3) is 5.56 Å². The standard InChI is InChI=1S/C16H22N6OS/c1-21-14(23)8-7-13(20-21)22-9-3-2-4-12(22)10-17-16-19-18-15(24-16)11-5-6-11/h7-8,11-12H,2-6,9-10H2,1H3,(H,17,19). The van der Waals surface area contributed by atoms with Crippen molar-refractivity contribution in [1.82, 2.24) is 20.0 Å². The molecule has 2 aromatic rings. The van der Waals surface area contributed by atoms with Gasteiger partial charge in [-0.15, -0.1) is 10.2 Å². The molecule has 4 rings (SSSR count). The molecule has 0 radical (unpaired) electrons. The molecule has 1 unspecified atom stereocenters. The Morgan fingerprint density at radius 1 is 1.25 bits per heavy atom. The molecule has 8 heteroatoms. The summed E-state index contributed by atoms with van der Waals surface area (Å²) < 4.78 is 1.40. The zero-order chi connectivity index (χ0) is 16.5. The lowest BCUT2D eigenvalue weighted by atomic mass is 10.0. The largest absolute Gasteiger partial charge is 0.358 e. The van der Waals surface area contributed by atoms with Gasteiger partial charge in [0.15, 0.2) is 0 Å². The molecule has 1 atom stereocenters. The van der Waals surface area contributed by atoms with Crippen LogP contribution in [0, 0.1) is 0 Å². The number of rotatable bonds is 5. The number of piperidine rings is 1. The Bertz CT molecular complexity index is 768. The first-order valence-corrected chi connectivity index (χ1v) is 9.40. The monoisotopic (exact) mass is 346 g/mol. The summed E-state index contributed by atoms with van der Waals surface area (Å²) in [4.78, 5) is 13.9. The molecule has 1 N–H and O–H groups in total. The Hall–Kier alpha value is -1.96. The van der Waals surface area contributed by atoms with Crippen LogP contribution in [0.25, 0.3) is 0 Å². The first-order valence-electron chi connectivity index (χ1n) is 8.59. The smallest absolute Gasteiger partial charge is 0.266 e. The highest BCUT2D eigenvalue weighted by atomic mass is 32.1. The van der Waals surface area contributed by atoms with E-state index in [2.05, 4.69) is 25.5 Å². The molecule has 2 fully saturated rings. The number of aryl methyl sites for hydroxylation is 1. The van der Waals surface area contributed by atoms with Crippen LogP contribution >= 0.6 is 11.3 Å². The van der Waals surface area contributed by atoms with Crippen LogP contribution < -0.4 is 15.8 Å². The van der Waals surface area contributed by atoms with Gasteiger partial charge in [0, 0.05) is 38.2 Å². The summed E-state index contributed by atoms with van der Waals surface area (Å²) in [6.07, 6.45) is 6.00. The summed E-state index contributed by atoms with van der Waals surface area (Å²) in [5.74, 6) is 1.53. The molecule has 1 saturated carbocycles. The van der Waals surface area contributed by atoms with Crippen molar-refractivity contribution in [2.45, 2.75) is 44.1 Å². The van der Waals surface area contributed by atoms with E-state index in [1.807, 2.05) is 6.07 Å². The fraction of sp³-hybridized carbons (Fsp3) is 0.625. The van der Waals surface area contributed by atoms with E-state index in [1.165, 1.54) is 23.9 Å². The van der Waals surface area contributed by atoms with Crippen molar-refractivity contribution in [3.63, 3.8) is 0 Å². The first kappa shape index (κ1) is 15.6.